The number of carbonyl (C=O) groups is 15. The van der Waals surface area contributed by atoms with Gasteiger partial charge in [0.2, 0.25) is 70.9 Å². The Labute approximate surface area is 559 Å². The number of hydrogen-bond acceptors (Lipinski definition) is 19. The first-order chi connectivity index (χ1) is 44.8. The highest BCUT2D eigenvalue weighted by atomic mass is 16.4. The molecule has 13 atom stereocenters. The molecule has 0 radical (unpaired) electrons. The van der Waals surface area contributed by atoms with Gasteiger partial charge >= 0.3 is 17.9 Å². The van der Waals surface area contributed by atoms with Gasteiger partial charge in [-0.05, 0) is 94.9 Å². The van der Waals surface area contributed by atoms with Crippen LogP contribution in [0.4, 0.5) is 0 Å². The maximum Gasteiger partial charge on any atom is 0.326 e. The van der Waals surface area contributed by atoms with Gasteiger partial charge in [0.25, 0.3) is 0 Å². The number of amides is 12. The molecule has 0 aromatic rings. The van der Waals surface area contributed by atoms with E-state index in [4.69, 9.17) is 28.3 Å². The number of nitrogens with one attached hydrogen (secondary N) is 13. The van der Waals surface area contributed by atoms with Gasteiger partial charge in [-0.25, -0.2) is 4.79 Å². The summed E-state index contributed by atoms with van der Waals surface area (Å²) in [5, 5.41) is 75.4. The van der Waals surface area contributed by atoms with Crippen LogP contribution in [0.1, 0.15) is 166 Å². The summed E-state index contributed by atoms with van der Waals surface area (Å²) in [6.07, 6.45) is -2.12. The Kier molecular flexibility index (Phi) is 41.4. The SMILES string of the molecule is CCCC[C@H](NC(=O)[C@@H](NC(=O)[C@H](CC(=O)O)NC(=O)[C@H](CCC(N)=O)NC(=O)[C@H](CC(C)C)NC(=O)[C@H](CC(C)C)NC(=O)[C@H](CCCN)NC(=O)[C@H](CCCNC(=N)N)NC(=O)[C@H](C)NC(=O)[C@H](CO)NC(=O)[C@@H](N)CC(C)C)[C@@H](C)CC)C(=O)N[C@@H](CC(=O)O)C(=O)O. The van der Waals surface area contributed by atoms with Gasteiger partial charge in [0.1, 0.15) is 66.5 Å². The van der Waals surface area contributed by atoms with Gasteiger partial charge in [-0.3, -0.25) is 72.5 Å². The Hall–Kier alpha value is -8.80. The average Bonchev–Trinajstić information content (AvgIpc) is 0.874. The number of aliphatic hydroxyl groups is 1. The smallest absolute Gasteiger partial charge is 0.326 e. The molecule has 36 nitrogen and oxygen atoms in total. The van der Waals surface area contributed by atoms with Gasteiger partial charge < -0.3 is 107 Å². The molecule has 0 saturated heterocycles. The highest BCUT2D eigenvalue weighted by molar-refractivity contribution is 6.00. The molecule has 546 valence electrons. The van der Waals surface area contributed by atoms with E-state index in [-0.39, 0.29) is 94.6 Å². The lowest BCUT2D eigenvalue weighted by Crippen LogP contribution is -2.61. The molecule has 96 heavy (non-hydrogen) atoms. The van der Waals surface area contributed by atoms with Crippen molar-refractivity contribution in [2.75, 3.05) is 19.7 Å². The van der Waals surface area contributed by atoms with Gasteiger partial charge in [0.05, 0.1) is 25.5 Å². The summed E-state index contributed by atoms with van der Waals surface area (Å²) in [5.74, 6) is -18.4. The Bertz CT molecular complexity index is 2650. The summed E-state index contributed by atoms with van der Waals surface area (Å²) < 4.78 is 0. The van der Waals surface area contributed by atoms with Gasteiger partial charge in [-0.15, -0.1) is 0 Å². The first-order valence-corrected chi connectivity index (χ1v) is 32.3. The third-order valence-electron chi connectivity index (χ3n) is 14.8. The summed E-state index contributed by atoms with van der Waals surface area (Å²) in [6, 6.07) is -18.2. The minimum Gasteiger partial charge on any atom is -0.481 e. The summed E-state index contributed by atoms with van der Waals surface area (Å²) >= 11 is 0. The highest BCUT2D eigenvalue weighted by Gasteiger charge is 2.38. The second-order valence-electron chi connectivity index (χ2n) is 24.9. The van der Waals surface area contributed by atoms with Crippen molar-refractivity contribution < 1.29 is 92.3 Å². The molecule has 0 fully saturated rings. The molecule has 0 aromatic heterocycles. The minimum atomic E-state index is -1.99. The third-order valence-corrected chi connectivity index (χ3v) is 14.8. The number of nitrogens with two attached hydrogens (primary N) is 4. The normalized spacial score (nSPS) is 15.2. The summed E-state index contributed by atoms with van der Waals surface area (Å²) in [4.78, 5) is 200. The third kappa shape index (κ3) is 35.1. The minimum absolute atomic E-state index is 0.0287. The first kappa shape index (κ1) is 87.2. The molecule has 0 rings (SSSR count). The molecule has 0 spiro atoms. The maximum absolute atomic E-state index is 14.4. The van der Waals surface area contributed by atoms with Crippen molar-refractivity contribution in [3.63, 3.8) is 0 Å². The van der Waals surface area contributed by atoms with E-state index in [1.54, 1.807) is 41.5 Å². The fourth-order valence-corrected chi connectivity index (χ4v) is 9.40. The number of unbranched alkanes of at least 4 members (excludes halogenated alkanes) is 1. The number of primary amides is 1. The lowest BCUT2D eigenvalue weighted by Gasteiger charge is -2.29. The van der Waals surface area contributed by atoms with Crippen LogP contribution in [0.25, 0.3) is 0 Å². The van der Waals surface area contributed by atoms with E-state index in [0.717, 1.165) is 0 Å². The number of aliphatic carboxylic acids is 3. The van der Waals surface area contributed by atoms with E-state index < -0.39 is 200 Å². The van der Waals surface area contributed by atoms with E-state index in [0.29, 0.717) is 12.8 Å². The number of guanidine groups is 1. The van der Waals surface area contributed by atoms with Gasteiger partial charge in [0, 0.05) is 13.0 Å². The van der Waals surface area contributed by atoms with Crippen molar-refractivity contribution >= 4 is 94.8 Å². The number of carboxylic acid groups (broad SMARTS) is 3. The summed E-state index contributed by atoms with van der Waals surface area (Å²) in [5.41, 5.74) is 22.6. The van der Waals surface area contributed by atoms with E-state index in [2.05, 4.69) is 63.8 Å². The Morgan fingerprint density at radius 1 is 0.427 bits per heavy atom. The molecular weight excluding hydrogens is 1260 g/mol. The van der Waals surface area contributed by atoms with E-state index in [9.17, 15) is 92.3 Å². The van der Waals surface area contributed by atoms with E-state index in [1.807, 2.05) is 13.8 Å². The molecule has 0 aliphatic carbocycles. The van der Waals surface area contributed by atoms with Crippen molar-refractivity contribution in [2.24, 2.45) is 46.6 Å². The summed E-state index contributed by atoms with van der Waals surface area (Å²) in [6.45, 7) is 15.9. The molecule has 36 heteroatoms. The molecule has 0 aliphatic heterocycles. The predicted molar refractivity (Wildman–Crippen MR) is 347 cm³/mol. The number of carboxylic acids is 3. The van der Waals surface area contributed by atoms with Gasteiger partial charge in [-0.2, -0.15) is 0 Å². The lowest BCUT2D eigenvalue weighted by atomic mass is 9.96. The lowest BCUT2D eigenvalue weighted by molar-refractivity contribution is -0.147. The van der Waals surface area contributed by atoms with Crippen LogP contribution >= 0.6 is 0 Å². The molecule has 0 unspecified atom stereocenters. The highest BCUT2D eigenvalue weighted by Crippen LogP contribution is 2.15. The quantitative estimate of drug-likeness (QED) is 0.0155. The van der Waals surface area contributed by atoms with Crippen LogP contribution < -0.4 is 86.7 Å². The van der Waals surface area contributed by atoms with Crippen molar-refractivity contribution in [3.8, 4) is 0 Å². The van der Waals surface area contributed by atoms with Crippen LogP contribution in [-0.4, -0.2) is 207 Å². The predicted octanol–water partition coefficient (Wildman–Crippen LogP) is -4.67. The van der Waals surface area contributed by atoms with Crippen molar-refractivity contribution in [1.29, 1.82) is 5.41 Å². The van der Waals surface area contributed by atoms with Crippen LogP contribution in [0.5, 0.6) is 0 Å². The van der Waals surface area contributed by atoms with E-state index in [1.165, 1.54) is 13.8 Å². The molecule has 25 N–H and O–H groups in total. The van der Waals surface area contributed by atoms with Crippen LogP contribution in [0, 0.1) is 29.1 Å². The van der Waals surface area contributed by atoms with Crippen molar-refractivity contribution in [1.82, 2.24) is 63.8 Å². The zero-order chi connectivity index (χ0) is 73.7. The number of rotatable bonds is 49. The monoisotopic (exact) mass is 1370 g/mol. The molecular formula is C60H107N17O19. The standard InChI is InChI=1S/C60H107N17O19/c1-11-13-16-35(52(88)75-42(59(95)96)27-46(82)83)71-58(94)47(32(9)12-2)77-56(92)41(26-45(80)81)74-53(89)38(19-20-44(63)79)70-54(90)39(24-30(5)6)73-55(91)40(25-31(7)8)72-51(87)36(17-14-21-61)69-50(86)37(18-15-22-66-60(64)65)68-48(84)33(10)67-57(93)43(28-78)76-49(85)34(62)23-29(3)4/h29-43,47,78H,11-28,61-62H2,1-10H3,(H2,63,79)(H,67,93)(H,68,84)(H,69,86)(H,70,90)(H,71,94)(H,72,87)(H,73,91)(H,74,89)(H,75,88)(H,76,85)(H,77,92)(H,80,81)(H,82,83)(H,95,96)(H4,64,65,66)/t32-,33-,34-,35-,36-,37-,38-,39-,40-,41-,42-,43-,47-/m0/s1. The number of carbonyl (C=O) groups excluding carboxylic acids is 12. The summed E-state index contributed by atoms with van der Waals surface area (Å²) in [7, 11) is 0. The second-order valence-corrected chi connectivity index (χ2v) is 24.9. The molecule has 0 saturated carbocycles. The zero-order valence-electron chi connectivity index (χ0n) is 56.7. The van der Waals surface area contributed by atoms with Crippen LogP contribution in [0.15, 0.2) is 0 Å². The molecule has 0 aromatic carbocycles. The zero-order valence-corrected chi connectivity index (χ0v) is 56.7. The number of aliphatic hydroxyl groups excluding tert-OH is 1. The van der Waals surface area contributed by atoms with E-state index >= 15 is 0 Å². The van der Waals surface area contributed by atoms with Gasteiger partial charge in [-0.1, -0.05) is 81.6 Å². The fraction of sp³-hybridized carbons (Fsp3) is 0.733. The largest absolute Gasteiger partial charge is 0.481 e. The fourth-order valence-electron chi connectivity index (χ4n) is 9.40. The molecule has 0 aliphatic rings. The molecule has 0 bridgehead atoms. The second kappa shape index (κ2) is 45.6. The van der Waals surface area contributed by atoms with Crippen LogP contribution in [0.3, 0.4) is 0 Å². The average molecular weight is 1370 g/mol. The number of hydrogen-bond donors (Lipinski definition) is 21. The Morgan fingerprint density at radius 2 is 0.802 bits per heavy atom. The van der Waals surface area contributed by atoms with Crippen LogP contribution in [0.2, 0.25) is 0 Å². The maximum atomic E-state index is 14.4. The van der Waals surface area contributed by atoms with Crippen molar-refractivity contribution in [3.05, 3.63) is 0 Å². The Balaban J connectivity index is 7.01. The Morgan fingerprint density at radius 3 is 1.22 bits per heavy atom. The molecule has 12 amide bonds. The van der Waals surface area contributed by atoms with Gasteiger partial charge in [0.15, 0.2) is 5.96 Å². The van der Waals surface area contributed by atoms with Crippen LogP contribution in [-0.2, 0) is 71.9 Å². The van der Waals surface area contributed by atoms with Crippen molar-refractivity contribution in [2.45, 2.75) is 238 Å². The topological polar surface area (TPSA) is 609 Å². The first-order valence-electron chi connectivity index (χ1n) is 32.3. The molecule has 0 heterocycles.